The first-order valence-electron chi connectivity index (χ1n) is 16.0. The predicted octanol–water partition coefficient (Wildman–Crippen LogP) is 2.39. The van der Waals surface area contributed by atoms with E-state index in [1.807, 2.05) is 42.5 Å². The first-order valence-corrected chi connectivity index (χ1v) is 16.0. The number of hydrogen-bond donors (Lipinski definition) is 4. The third kappa shape index (κ3) is 9.81. The Bertz CT molecular complexity index is 1750. The minimum Gasteiger partial charge on any atom is -0.389 e. The molecule has 0 radical (unpaired) electrons. The van der Waals surface area contributed by atoms with Gasteiger partial charge < -0.3 is 36.0 Å². The number of amides is 5. The van der Waals surface area contributed by atoms with Gasteiger partial charge in [-0.2, -0.15) is 0 Å². The standard InChI is InChI=1S/C36H39FN6O6/c37-27-13-10-25(11-14-27)22-43(36(48)42-16-18-49-19-17-42)23-32(44)30(20-24-6-2-1-3-7-24)40-35(47)31(21-33(38)45)41-34(46)29-15-12-26-8-4-5-9-28(26)39-29/h1-15,30-32,44H,16-23H2,(H2,38,45)(H,40,47)(H,41,46)/t30-,31-,32+/m0/s1. The number of aliphatic hydroxyl groups is 1. The topological polar surface area (TPSA) is 167 Å². The summed E-state index contributed by atoms with van der Waals surface area (Å²) in [6.07, 6.45) is -1.65. The number of benzene rings is 3. The number of nitrogens with two attached hydrogens (primary N) is 1. The van der Waals surface area contributed by atoms with Crippen LogP contribution in [0.25, 0.3) is 10.9 Å². The molecule has 0 spiro atoms. The fourth-order valence-corrected chi connectivity index (χ4v) is 5.60. The highest BCUT2D eigenvalue weighted by Gasteiger charge is 2.32. The Labute approximate surface area is 283 Å². The van der Waals surface area contributed by atoms with Crippen molar-refractivity contribution in [3.63, 3.8) is 0 Å². The van der Waals surface area contributed by atoms with E-state index < -0.39 is 48.1 Å². The number of urea groups is 1. The van der Waals surface area contributed by atoms with Crippen molar-refractivity contribution in [1.29, 1.82) is 0 Å². The SMILES string of the molecule is NC(=O)C[C@H](NC(=O)c1ccc2ccccc2n1)C(=O)N[C@@H](Cc1ccccc1)[C@H](O)CN(Cc1ccc(F)cc1)C(=O)N1CCOCC1. The Balaban J connectivity index is 1.37. The number of carbonyl (C=O) groups excluding carboxylic acids is 4. The molecule has 5 N–H and O–H groups in total. The van der Waals surface area contributed by atoms with E-state index in [2.05, 4.69) is 15.6 Å². The number of nitrogens with one attached hydrogen (secondary N) is 2. The van der Waals surface area contributed by atoms with Crippen LogP contribution < -0.4 is 16.4 Å². The lowest BCUT2D eigenvalue weighted by Gasteiger charge is -2.36. The van der Waals surface area contributed by atoms with E-state index in [0.29, 0.717) is 37.4 Å². The zero-order valence-electron chi connectivity index (χ0n) is 26.8. The van der Waals surface area contributed by atoms with Gasteiger partial charge in [-0.25, -0.2) is 14.2 Å². The second kappa shape index (κ2) is 16.6. The van der Waals surface area contributed by atoms with Crippen LogP contribution in [-0.2, 0) is 27.3 Å². The summed E-state index contributed by atoms with van der Waals surface area (Å²) in [5.74, 6) is -2.69. The molecule has 5 amide bonds. The van der Waals surface area contributed by atoms with Gasteiger partial charge in [0.15, 0.2) is 0 Å². The molecule has 12 nitrogen and oxygen atoms in total. The van der Waals surface area contributed by atoms with Crippen LogP contribution in [0.4, 0.5) is 9.18 Å². The fraction of sp³-hybridized carbons (Fsp3) is 0.306. The van der Waals surface area contributed by atoms with Crippen molar-refractivity contribution in [3.05, 3.63) is 114 Å². The number of primary amides is 1. The second-order valence-electron chi connectivity index (χ2n) is 11.8. The molecule has 0 saturated carbocycles. The van der Waals surface area contributed by atoms with E-state index >= 15 is 0 Å². The molecule has 1 aliphatic rings. The summed E-state index contributed by atoms with van der Waals surface area (Å²) < 4.78 is 19.1. The minimum atomic E-state index is -1.38. The lowest BCUT2D eigenvalue weighted by molar-refractivity contribution is -0.128. The Hall–Kier alpha value is -5.40. The number of nitrogens with zero attached hydrogens (tertiary/aromatic N) is 3. The Morgan fingerprint density at radius 1 is 0.898 bits per heavy atom. The number of morpholine rings is 1. The van der Waals surface area contributed by atoms with E-state index in [9.17, 15) is 28.7 Å². The molecule has 0 aliphatic carbocycles. The molecule has 2 heterocycles. The van der Waals surface area contributed by atoms with Gasteiger partial charge >= 0.3 is 6.03 Å². The van der Waals surface area contributed by atoms with Crippen LogP contribution >= 0.6 is 0 Å². The van der Waals surface area contributed by atoms with Gasteiger partial charge in [-0.3, -0.25) is 14.4 Å². The number of aromatic nitrogens is 1. The second-order valence-corrected chi connectivity index (χ2v) is 11.8. The van der Waals surface area contributed by atoms with Crippen molar-refractivity contribution in [2.75, 3.05) is 32.8 Å². The summed E-state index contributed by atoms with van der Waals surface area (Å²) in [5.41, 5.74) is 7.52. The van der Waals surface area contributed by atoms with Crippen LogP contribution in [-0.4, -0.2) is 94.7 Å². The summed E-state index contributed by atoms with van der Waals surface area (Å²) in [6, 6.07) is 22.6. The summed E-state index contributed by atoms with van der Waals surface area (Å²) in [7, 11) is 0. The summed E-state index contributed by atoms with van der Waals surface area (Å²) in [4.78, 5) is 60.1. The molecule has 13 heteroatoms. The van der Waals surface area contributed by atoms with Crippen LogP contribution in [0.1, 0.15) is 28.0 Å². The molecule has 1 aromatic heterocycles. The van der Waals surface area contributed by atoms with Gasteiger partial charge in [0.1, 0.15) is 17.6 Å². The van der Waals surface area contributed by atoms with Crippen molar-refractivity contribution in [2.45, 2.75) is 37.6 Å². The van der Waals surface area contributed by atoms with Crippen molar-refractivity contribution in [1.82, 2.24) is 25.4 Å². The number of pyridine rings is 1. The summed E-state index contributed by atoms with van der Waals surface area (Å²) >= 11 is 0. The van der Waals surface area contributed by atoms with E-state index in [1.54, 1.807) is 35.2 Å². The Morgan fingerprint density at radius 2 is 1.59 bits per heavy atom. The van der Waals surface area contributed by atoms with Crippen LogP contribution in [0.3, 0.4) is 0 Å². The first-order chi connectivity index (χ1) is 23.7. The molecule has 4 aromatic rings. The normalized spacial score (nSPS) is 14.8. The number of carbonyl (C=O) groups is 4. The number of para-hydroxylation sites is 1. The molecular weight excluding hydrogens is 631 g/mol. The van der Waals surface area contributed by atoms with Gasteiger partial charge in [0, 0.05) is 25.0 Å². The maximum absolute atomic E-state index is 13.7. The largest absolute Gasteiger partial charge is 0.389 e. The predicted molar refractivity (Wildman–Crippen MR) is 179 cm³/mol. The highest BCUT2D eigenvalue weighted by Crippen LogP contribution is 2.16. The third-order valence-corrected chi connectivity index (χ3v) is 8.20. The number of ether oxygens (including phenoxy) is 1. The summed E-state index contributed by atoms with van der Waals surface area (Å²) in [6.45, 7) is 1.33. The van der Waals surface area contributed by atoms with Crippen molar-refractivity contribution in [2.24, 2.45) is 5.73 Å². The molecule has 1 aliphatic heterocycles. The maximum Gasteiger partial charge on any atom is 0.320 e. The molecule has 256 valence electrons. The molecule has 0 bridgehead atoms. The van der Waals surface area contributed by atoms with Crippen LogP contribution in [0, 0.1) is 5.82 Å². The van der Waals surface area contributed by atoms with Crippen LogP contribution in [0.15, 0.2) is 91.0 Å². The molecule has 3 atom stereocenters. The average molecular weight is 671 g/mol. The molecule has 49 heavy (non-hydrogen) atoms. The Kier molecular flexibility index (Phi) is 11.8. The van der Waals surface area contributed by atoms with E-state index in [-0.39, 0.29) is 31.2 Å². The van der Waals surface area contributed by atoms with Gasteiger partial charge in [0.25, 0.3) is 5.91 Å². The van der Waals surface area contributed by atoms with Crippen molar-refractivity contribution in [3.8, 4) is 0 Å². The molecule has 0 unspecified atom stereocenters. The number of hydrogen-bond acceptors (Lipinski definition) is 7. The van der Waals surface area contributed by atoms with Crippen molar-refractivity contribution >= 4 is 34.7 Å². The van der Waals surface area contributed by atoms with Gasteiger partial charge in [0.2, 0.25) is 11.8 Å². The quantitative estimate of drug-likeness (QED) is 0.170. The fourth-order valence-electron chi connectivity index (χ4n) is 5.60. The highest BCUT2D eigenvalue weighted by molar-refractivity contribution is 5.99. The molecule has 5 rings (SSSR count). The average Bonchev–Trinajstić information content (AvgIpc) is 3.11. The molecule has 3 aromatic carbocycles. The number of fused-ring (bicyclic) bond motifs is 1. The van der Waals surface area contributed by atoms with E-state index in [0.717, 1.165) is 10.9 Å². The molecule has 1 fully saturated rings. The monoisotopic (exact) mass is 670 g/mol. The van der Waals surface area contributed by atoms with Gasteiger partial charge in [-0.05, 0) is 41.8 Å². The minimum absolute atomic E-state index is 0.0416. The van der Waals surface area contributed by atoms with Gasteiger partial charge in [-0.1, -0.05) is 66.7 Å². The van der Waals surface area contributed by atoms with Gasteiger partial charge in [0.05, 0.1) is 43.8 Å². The smallest absolute Gasteiger partial charge is 0.320 e. The lowest BCUT2D eigenvalue weighted by atomic mass is 9.99. The van der Waals surface area contributed by atoms with E-state index in [1.165, 1.54) is 23.1 Å². The maximum atomic E-state index is 13.7. The number of rotatable bonds is 13. The number of halogens is 1. The third-order valence-electron chi connectivity index (χ3n) is 8.20. The number of aliphatic hydroxyl groups excluding tert-OH is 1. The summed E-state index contributed by atoms with van der Waals surface area (Å²) in [5, 5.41) is 17.9. The van der Waals surface area contributed by atoms with Crippen LogP contribution in [0.5, 0.6) is 0 Å². The molecular formula is C36H39FN6O6. The Morgan fingerprint density at radius 3 is 2.31 bits per heavy atom. The van der Waals surface area contributed by atoms with E-state index in [4.69, 9.17) is 10.5 Å². The van der Waals surface area contributed by atoms with Gasteiger partial charge in [-0.15, -0.1) is 0 Å². The molecule has 1 saturated heterocycles. The lowest BCUT2D eigenvalue weighted by Crippen LogP contribution is -2.57. The van der Waals surface area contributed by atoms with Crippen molar-refractivity contribution < 1.29 is 33.4 Å². The first kappa shape index (κ1) is 34.9. The zero-order chi connectivity index (χ0) is 34.8. The van der Waals surface area contributed by atoms with Crippen LogP contribution in [0.2, 0.25) is 0 Å². The highest BCUT2D eigenvalue weighted by atomic mass is 19.1. The zero-order valence-corrected chi connectivity index (χ0v) is 26.8.